The van der Waals surface area contributed by atoms with Gasteiger partial charge in [0.15, 0.2) is 11.5 Å². The van der Waals surface area contributed by atoms with E-state index in [0.717, 1.165) is 24.6 Å². The fraction of sp³-hybridized carbons (Fsp3) is 0.429. The van der Waals surface area contributed by atoms with Gasteiger partial charge in [-0.25, -0.2) is 0 Å². The lowest BCUT2D eigenvalue weighted by molar-refractivity contribution is 0.0879. The number of benzene rings is 2. The van der Waals surface area contributed by atoms with Crippen molar-refractivity contribution in [1.82, 2.24) is 5.32 Å². The van der Waals surface area contributed by atoms with Crippen molar-refractivity contribution in [3.63, 3.8) is 0 Å². The lowest BCUT2D eigenvalue weighted by atomic mass is 10.2. The zero-order valence-corrected chi connectivity index (χ0v) is 15.5. The SMILES string of the molecule is COc1ccc(CNCC(C)C)cc1OCCOCc1ccccc1. The summed E-state index contributed by atoms with van der Waals surface area (Å²) in [6.07, 6.45) is 0. The molecule has 0 heterocycles. The molecule has 25 heavy (non-hydrogen) atoms. The lowest BCUT2D eigenvalue weighted by Crippen LogP contribution is -2.19. The number of hydrogen-bond acceptors (Lipinski definition) is 4. The molecule has 0 amide bonds. The first kappa shape index (κ1) is 19.3. The molecule has 1 N–H and O–H groups in total. The second kappa shape index (κ2) is 10.7. The topological polar surface area (TPSA) is 39.7 Å². The number of ether oxygens (including phenoxy) is 3. The second-order valence-electron chi connectivity index (χ2n) is 6.40. The van der Waals surface area contributed by atoms with Crippen molar-refractivity contribution in [1.29, 1.82) is 0 Å². The van der Waals surface area contributed by atoms with Crippen LogP contribution in [0.1, 0.15) is 25.0 Å². The molecule has 2 rings (SSSR count). The predicted octanol–water partition coefficient (Wildman–Crippen LogP) is 4.04. The molecule has 0 saturated carbocycles. The van der Waals surface area contributed by atoms with Crippen LogP contribution in [0.5, 0.6) is 11.5 Å². The third kappa shape index (κ3) is 7.16. The highest BCUT2D eigenvalue weighted by molar-refractivity contribution is 5.42. The third-order valence-corrected chi connectivity index (χ3v) is 3.71. The Kier molecular flexibility index (Phi) is 8.29. The van der Waals surface area contributed by atoms with Gasteiger partial charge in [0.05, 0.1) is 20.3 Å². The minimum absolute atomic E-state index is 0.492. The number of methoxy groups -OCH3 is 1. The molecule has 0 saturated heterocycles. The summed E-state index contributed by atoms with van der Waals surface area (Å²) in [5, 5.41) is 3.44. The summed E-state index contributed by atoms with van der Waals surface area (Å²) in [4.78, 5) is 0. The molecule has 0 spiro atoms. The van der Waals surface area contributed by atoms with Gasteiger partial charge in [-0.15, -0.1) is 0 Å². The van der Waals surface area contributed by atoms with Gasteiger partial charge in [0.2, 0.25) is 0 Å². The van der Waals surface area contributed by atoms with E-state index >= 15 is 0 Å². The maximum Gasteiger partial charge on any atom is 0.161 e. The normalized spacial score (nSPS) is 10.9. The minimum Gasteiger partial charge on any atom is -0.493 e. The summed E-state index contributed by atoms with van der Waals surface area (Å²) in [6, 6.07) is 16.2. The number of rotatable bonds is 11. The largest absolute Gasteiger partial charge is 0.493 e. The predicted molar refractivity (Wildman–Crippen MR) is 101 cm³/mol. The Morgan fingerprint density at radius 1 is 0.920 bits per heavy atom. The molecule has 0 radical (unpaired) electrons. The quantitative estimate of drug-likeness (QED) is 0.625. The van der Waals surface area contributed by atoms with Gasteiger partial charge >= 0.3 is 0 Å². The number of hydrogen-bond donors (Lipinski definition) is 1. The van der Waals surface area contributed by atoms with Crippen LogP contribution < -0.4 is 14.8 Å². The van der Waals surface area contributed by atoms with Crippen LogP contribution in [0.3, 0.4) is 0 Å². The molecule has 0 aromatic heterocycles. The van der Waals surface area contributed by atoms with Gasteiger partial charge < -0.3 is 19.5 Å². The molecule has 0 aliphatic rings. The van der Waals surface area contributed by atoms with Crippen molar-refractivity contribution in [3.8, 4) is 11.5 Å². The Morgan fingerprint density at radius 3 is 2.44 bits per heavy atom. The highest BCUT2D eigenvalue weighted by atomic mass is 16.5. The van der Waals surface area contributed by atoms with Gasteiger partial charge in [0, 0.05) is 6.54 Å². The van der Waals surface area contributed by atoms with Gasteiger partial charge in [-0.2, -0.15) is 0 Å². The van der Waals surface area contributed by atoms with E-state index < -0.39 is 0 Å². The fourth-order valence-corrected chi connectivity index (χ4v) is 2.42. The molecule has 4 nitrogen and oxygen atoms in total. The molecule has 2 aromatic carbocycles. The van der Waals surface area contributed by atoms with E-state index in [2.05, 4.69) is 37.4 Å². The van der Waals surface area contributed by atoms with E-state index in [1.54, 1.807) is 7.11 Å². The zero-order chi connectivity index (χ0) is 17.9. The van der Waals surface area contributed by atoms with E-state index in [4.69, 9.17) is 14.2 Å². The van der Waals surface area contributed by atoms with Crippen molar-refractivity contribution >= 4 is 0 Å². The van der Waals surface area contributed by atoms with Crippen molar-refractivity contribution in [3.05, 3.63) is 59.7 Å². The van der Waals surface area contributed by atoms with Gasteiger partial charge in [-0.05, 0) is 35.7 Å². The molecule has 0 atom stereocenters. The van der Waals surface area contributed by atoms with Crippen LogP contribution in [-0.2, 0) is 17.9 Å². The van der Waals surface area contributed by atoms with Gasteiger partial charge in [-0.1, -0.05) is 50.2 Å². The summed E-state index contributed by atoms with van der Waals surface area (Å²) in [5.41, 5.74) is 2.35. The lowest BCUT2D eigenvalue weighted by Gasteiger charge is -2.13. The summed E-state index contributed by atoms with van der Waals surface area (Å²) in [5.74, 6) is 2.14. The number of nitrogens with one attached hydrogen (secondary N) is 1. The highest BCUT2D eigenvalue weighted by Crippen LogP contribution is 2.28. The Bertz CT molecular complexity index is 614. The minimum atomic E-state index is 0.492. The van der Waals surface area contributed by atoms with Crippen molar-refractivity contribution in [2.24, 2.45) is 5.92 Å². The molecule has 0 unspecified atom stereocenters. The van der Waals surface area contributed by atoms with E-state index in [0.29, 0.717) is 25.7 Å². The molecule has 0 aliphatic carbocycles. The maximum absolute atomic E-state index is 5.86. The summed E-state index contributed by atoms with van der Waals surface area (Å²) in [7, 11) is 1.66. The van der Waals surface area contributed by atoms with Crippen LogP contribution >= 0.6 is 0 Å². The molecule has 2 aromatic rings. The van der Waals surface area contributed by atoms with Gasteiger partial charge in [0.1, 0.15) is 6.61 Å². The van der Waals surface area contributed by atoms with E-state index in [9.17, 15) is 0 Å². The summed E-state index contributed by atoms with van der Waals surface area (Å²) < 4.78 is 16.9. The Hall–Kier alpha value is -2.04. The molecule has 136 valence electrons. The van der Waals surface area contributed by atoms with E-state index in [-0.39, 0.29) is 0 Å². The molecule has 0 aliphatic heterocycles. The van der Waals surface area contributed by atoms with Crippen LogP contribution in [0.2, 0.25) is 0 Å². The van der Waals surface area contributed by atoms with E-state index in [1.165, 1.54) is 11.1 Å². The Labute approximate surface area is 151 Å². The van der Waals surface area contributed by atoms with Gasteiger partial charge in [-0.3, -0.25) is 0 Å². The first-order valence-corrected chi connectivity index (χ1v) is 8.81. The van der Waals surface area contributed by atoms with Crippen LogP contribution in [-0.4, -0.2) is 26.9 Å². The average Bonchev–Trinajstić information content (AvgIpc) is 2.62. The maximum atomic E-state index is 5.86. The average molecular weight is 343 g/mol. The first-order chi connectivity index (χ1) is 12.2. The van der Waals surface area contributed by atoms with Crippen LogP contribution in [0.4, 0.5) is 0 Å². The second-order valence-corrected chi connectivity index (χ2v) is 6.40. The monoisotopic (exact) mass is 343 g/mol. The van der Waals surface area contributed by atoms with Crippen molar-refractivity contribution in [2.75, 3.05) is 26.9 Å². The van der Waals surface area contributed by atoms with Crippen LogP contribution in [0.25, 0.3) is 0 Å². The van der Waals surface area contributed by atoms with Crippen molar-refractivity contribution in [2.45, 2.75) is 27.0 Å². The molecule has 0 fully saturated rings. The Morgan fingerprint density at radius 2 is 1.72 bits per heavy atom. The molecule has 4 heteroatoms. The smallest absolute Gasteiger partial charge is 0.161 e. The first-order valence-electron chi connectivity index (χ1n) is 8.81. The zero-order valence-electron chi connectivity index (χ0n) is 15.5. The van der Waals surface area contributed by atoms with Crippen molar-refractivity contribution < 1.29 is 14.2 Å². The summed E-state index contributed by atoms with van der Waals surface area (Å²) in [6.45, 7) is 7.84. The summed E-state index contributed by atoms with van der Waals surface area (Å²) >= 11 is 0. The fourth-order valence-electron chi connectivity index (χ4n) is 2.42. The van der Waals surface area contributed by atoms with Crippen LogP contribution in [0, 0.1) is 5.92 Å². The molecule has 0 bridgehead atoms. The molecular formula is C21H29NO3. The standard InChI is InChI=1S/C21H29NO3/c1-17(2)14-22-15-19-9-10-20(23-3)21(13-19)25-12-11-24-16-18-7-5-4-6-8-18/h4-10,13,17,22H,11-12,14-16H2,1-3H3. The van der Waals surface area contributed by atoms with E-state index in [1.807, 2.05) is 30.3 Å². The van der Waals surface area contributed by atoms with Gasteiger partial charge in [0.25, 0.3) is 0 Å². The third-order valence-electron chi connectivity index (χ3n) is 3.71. The molecular weight excluding hydrogens is 314 g/mol. The van der Waals surface area contributed by atoms with Crippen LogP contribution in [0.15, 0.2) is 48.5 Å². The Balaban J connectivity index is 1.78. The highest BCUT2D eigenvalue weighted by Gasteiger charge is 2.06.